The summed E-state index contributed by atoms with van der Waals surface area (Å²) in [4.78, 5) is 49.2. The molecule has 8 nitrogen and oxygen atoms in total. The Bertz CT molecular complexity index is 1040. The smallest absolute Gasteiger partial charge is 0.257 e. The minimum Gasteiger partial charge on any atom is -0.338 e. The number of carbonyl (C=O) groups is 3. The first-order chi connectivity index (χ1) is 15.6. The number of amides is 3. The van der Waals surface area contributed by atoms with Crippen molar-refractivity contribution in [1.29, 1.82) is 0 Å². The number of aromatic nitrogens is 2. The molecule has 0 radical (unpaired) electrons. The molecule has 1 unspecified atom stereocenters. The van der Waals surface area contributed by atoms with Crippen molar-refractivity contribution in [3.8, 4) is 0 Å². The van der Waals surface area contributed by atoms with E-state index in [9.17, 15) is 14.4 Å². The van der Waals surface area contributed by atoms with Gasteiger partial charge in [-0.05, 0) is 54.9 Å². The van der Waals surface area contributed by atoms with Crippen molar-refractivity contribution in [3.63, 3.8) is 0 Å². The third kappa shape index (κ3) is 4.09. The Hall–Kier alpha value is -3.29. The van der Waals surface area contributed by atoms with E-state index in [2.05, 4.69) is 15.3 Å². The lowest BCUT2D eigenvalue weighted by Gasteiger charge is -2.44. The molecule has 1 aromatic carbocycles. The van der Waals surface area contributed by atoms with Crippen LogP contribution >= 0.6 is 0 Å². The van der Waals surface area contributed by atoms with Crippen molar-refractivity contribution < 1.29 is 14.4 Å². The first kappa shape index (κ1) is 20.6. The lowest BCUT2D eigenvalue weighted by atomic mass is 9.82. The van der Waals surface area contributed by atoms with Gasteiger partial charge in [0.1, 0.15) is 6.33 Å². The van der Waals surface area contributed by atoms with Gasteiger partial charge in [-0.3, -0.25) is 14.4 Å². The van der Waals surface area contributed by atoms with E-state index in [0.29, 0.717) is 35.8 Å². The summed E-state index contributed by atoms with van der Waals surface area (Å²) in [5.74, 6) is 0.875. The molecule has 4 heterocycles. The number of likely N-dealkylation sites (tertiary alicyclic amines) is 2. The summed E-state index contributed by atoms with van der Waals surface area (Å²) in [5.41, 5.74) is 3.05. The molecule has 3 aliphatic rings. The first-order valence-electron chi connectivity index (χ1n) is 11.3. The van der Waals surface area contributed by atoms with Crippen molar-refractivity contribution in [2.45, 2.75) is 32.1 Å². The van der Waals surface area contributed by atoms with Crippen molar-refractivity contribution >= 4 is 23.4 Å². The SMILES string of the molecule is O=C1CCc2cc(C(=O)N3CCCCC(C4CN(C(=O)c5cncnc5)C4)C3)ccc2N1. The number of anilines is 1. The molecule has 0 aliphatic carbocycles. The minimum atomic E-state index is -0.0236. The lowest BCUT2D eigenvalue weighted by molar-refractivity contribution is -0.116. The maximum absolute atomic E-state index is 13.3. The highest BCUT2D eigenvalue weighted by atomic mass is 16.2. The number of hydrogen-bond donors (Lipinski definition) is 1. The fourth-order valence-electron chi connectivity index (χ4n) is 5.01. The third-order valence-electron chi connectivity index (χ3n) is 6.91. The Labute approximate surface area is 187 Å². The van der Waals surface area contributed by atoms with Crippen LogP contribution in [0.2, 0.25) is 0 Å². The maximum Gasteiger partial charge on any atom is 0.257 e. The number of rotatable bonds is 3. The van der Waals surface area contributed by atoms with Crippen LogP contribution in [0.1, 0.15) is 52.0 Å². The zero-order valence-electron chi connectivity index (χ0n) is 18.0. The Kier molecular flexibility index (Phi) is 5.59. The quantitative estimate of drug-likeness (QED) is 0.802. The van der Waals surface area contributed by atoms with Crippen LogP contribution in [-0.4, -0.2) is 63.7 Å². The van der Waals surface area contributed by atoms with Gasteiger partial charge in [0.05, 0.1) is 5.56 Å². The van der Waals surface area contributed by atoms with Crippen molar-refractivity contribution in [2.24, 2.45) is 11.8 Å². The van der Waals surface area contributed by atoms with Gasteiger partial charge in [-0.25, -0.2) is 9.97 Å². The van der Waals surface area contributed by atoms with Crippen LogP contribution in [0.15, 0.2) is 36.9 Å². The molecular formula is C24H27N5O3. The molecule has 1 aromatic heterocycles. The molecule has 2 saturated heterocycles. The fourth-order valence-corrected chi connectivity index (χ4v) is 5.01. The van der Waals surface area contributed by atoms with E-state index >= 15 is 0 Å². The topological polar surface area (TPSA) is 95.5 Å². The average Bonchev–Trinajstić information content (AvgIpc) is 3.04. The Morgan fingerprint density at radius 2 is 1.66 bits per heavy atom. The van der Waals surface area contributed by atoms with E-state index in [-0.39, 0.29) is 17.7 Å². The summed E-state index contributed by atoms with van der Waals surface area (Å²) >= 11 is 0. The van der Waals surface area contributed by atoms with Crippen LogP contribution in [0.5, 0.6) is 0 Å². The molecule has 2 fully saturated rings. The molecule has 3 amide bonds. The number of nitrogens with zero attached hydrogens (tertiary/aromatic N) is 4. The third-order valence-corrected chi connectivity index (χ3v) is 6.91. The second kappa shape index (κ2) is 8.68. The molecule has 1 atom stereocenters. The highest BCUT2D eigenvalue weighted by Gasteiger charge is 2.38. The Balaban J connectivity index is 1.23. The Morgan fingerprint density at radius 1 is 0.906 bits per heavy atom. The van der Waals surface area contributed by atoms with Crippen LogP contribution in [-0.2, 0) is 11.2 Å². The number of aryl methyl sites for hydroxylation is 1. The number of fused-ring (bicyclic) bond motifs is 1. The van der Waals surface area contributed by atoms with Crippen molar-refractivity contribution in [3.05, 3.63) is 53.6 Å². The summed E-state index contributed by atoms with van der Waals surface area (Å²) in [5, 5.41) is 2.87. The van der Waals surface area contributed by atoms with E-state index in [1.165, 1.54) is 6.33 Å². The van der Waals surface area contributed by atoms with Crippen LogP contribution in [0.25, 0.3) is 0 Å². The van der Waals surface area contributed by atoms with Gasteiger partial charge in [0, 0.05) is 56.2 Å². The second-order valence-electron chi connectivity index (χ2n) is 9.02. The highest BCUT2D eigenvalue weighted by molar-refractivity contribution is 5.98. The largest absolute Gasteiger partial charge is 0.338 e. The van der Waals surface area contributed by atoms with Gasteiger partial charge in [0.15, 0.2) is 0 Å². The van der Waals surface area contributed by atoms with Crippen molar-refractivity contribution in [2.75, 3.05) is 31.5 Å². The van der Waals surface area contributed by atoms with Gasteiger partial charge < -0.3 is 15.1 Å². The van der Waals surface area contributed by atoms with Gasteiger partial charge in [-0.15, -0.1) is 0 Å². The predicted molar refractivity (Wildman–Crippen MR) is 118 cm³/mol. The summed E-state index contributed by atoms with van der Waals surface area (Å²) in [6.45, 7) is 2.94. The number of benzene rings is 1. The van der Waals surface area contributed by atoms with Crippen molar-refractivity contribution in [1.82, 2.24) is 19.8 Å². The van der Waals surface area contributed by atoms with Gasteiger partial charge in [-0.2, -0.15) is 0 Å². The minimum absolute atomic E-state index is 0.0236. The normalized spacial score (nSPS) is 21.2. The van der Waals surface area contributed by atoms with Crippen LogP contribution in [0.4, 0.5) is 5.69 Å². The molecule has 32 heavy (non-hydrogen) atoms. The highest BCUT2D eigenvalue weighted by Crippen LogP contribution is 2.32. The standard InChI is InChI=1S/C24H27N5O3/c30-22-7-5-16-9-17(4-6-21(16)27-22)23(31)28-8-2-1-3-18(12-28)20-13-29(14-20)24(32)19-10-25-15-26-11-19/h4,6,9-11,15,18,20H,1-3,5,7-8,12-14H2,(H,27,30). The van der Waals surface area contributed by atoms with Crippen LogP contribution < -0.4 is 5.32 Å². The first-order valence-corrected chi connectivity index (χ1v) is 11.3. The van der Waals surface area contributed by atoms with Gasteiger partial charge >= 0.3 is 0 Å². The molecule has 1 N–H and O–H groups in total. The van der Waals surface area contributed by atoms with Gasteiger partial charge in [0.25, 0.3) is 11.8 Å². The summed E-state index contributed by atoms with van der Waals surface area (Å²) in [6, 6.07) is 5.60. The lowest BCUT2D eigenvalue weighted by Crippen LogP contribution is -2.54. The molecular weight excluding hydrogens is 406 g/mol. The maximum atomic E-state index is 13.3. The molecule has 8 heteroatoms. The van der Waals surface area contributed by atoms with E-state index < -0.39 is 0 Å². The fraction of sp³-hybridized carbons (Fsp3) is 0.458. The monoisotopic (exact) mass is 433 g/mol. The van der Waals surface area contributed by atoms with E-state index in [1.54, 1.807) is 12.4 Å². The molecule has 0 saturated carbocycles. The average molecular weight is 434 g/mol. The van der Waals surface area contributed by atoms with Gasteiger partial charge in [0.2, 0.25) is 5.91 Å². The predicted octanol–water partition coefficient (Wildman–Crippen LogP) is 2.38. The second-order valence-corrected chi connectivity index (χ2v) is 9.02. The number of nitrogens with one attached hydrogen (secondary N) is 1. The molecule has 2 aromatic rings. The zero-order chi connectivity index (χ0) is 22.1. The number of carbonyl (C=O) groups excluding carboxylic acids is 3. The van der Waals surface area contributed by atoms with E-state index in [4.69, 9.17) is 0 Å². The van der Waals surface area contributed by atoms with Gasteiger partial charge in [-0.1, -0.05) is 6.42 Å². The summed E-state index contributed by atoms with van der Waals surface area (Å²) in [7, 11) is 0. The number of hydrogen-bond acceptors (Lipinski definition) is 5. The summed E-state index contributed by atoms with van der Waals surface area (Å²) < 4.78 is 0. The molecule has 0 spiro atoms. The zero-order valence-corrected chi connectivity index (χ0v) is 18.0. The molecule has 3 aliphatic heterocycles. The molecule has 0 bridgehead atoms. The molecule has 166 valence electrons. The van der Waals surface area contributed by atoms with Crippen LogP contribution in [0.3, 0.4) is 0 Å². The summed E-state index contributed by atoms with van der Waals surface area (Å²) in [6.07, 6.45) is 8.84. The Morgan fingerprint density at radius 3 is 2.47 bits per heavy atom. The van der Waals surface area contributed by atoms with E-state index in [1.807, 2.05) is 28.0 Å². The molecule has 5 rings (SSSR count). The van der Waals surface area contributed by atoms with Crippen LogP contribution in [0, 0.1) is 11.8 Å². The van der Waals surface area contributed by atoms with E-state index in [0.717, 1.165) is 56.7 Å².